The number of carbonyl (C=O) groups is 1. The van der Waals surface area contributed by atoms with Gasteiger partial charge in [-0.1, -0.05) is 36.4 Å². The highest BCUT2D eigenvalue weighted by molar-refractivity contribution is 5.80. The van der Waals surface area contributed by atoms with Crippen LogP contribution in [0.25, 0.3) is 11.0 Å². The largest absolute Gasteiger partial charge is 0.369 e. The summed E-state index contributed by atoms with van der Waals surface area (Å²) in [5.74, 6) is -0.134. The summed E-state index contributed by atoms with van der Waals surface area (Å²) in [6.07, 6.45) is 13.0. The number of piperazine rings is 1. The van der Waals surface area contributed by atoms with Crippen molar-refractivity contribution in [3.05, 3.63) is 83.7 Å². The second-order valence-electron chi connectivity index (χ2n) is 11.6. The Bertz CT molecular complexity index is 1400. The summed E-state index contributed by atoms with van der Waals surface area (Å²) in [4.78, 5) is 24.1. The van der Waals surface area contributed by atoms with E-state index in [-0.39, 0.29) is 11.8 Å². The van der Waals surface area contributed by atoms with Crippen molar-refractivity contribution >= 4 is 22.6 Å². The minimum absolute atomic E-state index is 0.311. The number of carbonyl (C=O) groups excluding carboxylic acids is 1. The fourth-order valence-corrected chi connectivity index (χ4v) is 6.37. The van der Waals surface area contributed by atoms with Crippen molar-refractivity contribution in [1.29, 1.82) is 0 Å². The first-order chi connectivity index (χ1) is 19.6. The minimum atomic E-state index is -0.367. The van der Waals surface area contributed by atoms with Gasteiger partial charge in [0.1, 0.15) is 5.65 Å². The van der Waals surface area contributed by atoms with E-state index in [0.717, 1.165) is 69.9 Å². The van der Waals surface area contributed by atoms with Gasteiger partial charge < -0.3 is 14.4 Å². The van der Waals surface area contributed by atoms with Crippen LogP contribution >= 0.6 is 0 Å². The highest BCUT2D eigenvalue weighted by atomic mass is 16.5. The number of benzene rings is 1. The molecule has 6 rings (SSSR count). The molecule has 2 aromatic heterocycles. The second-order valence-corrected chi connectivity index (χ2v) is 11.6. The lowest BCUT2D eigenvalue weighted by atomic mass is 9.90. The van der Waals surface area contributed by atoms with E-state index in [1.165, 1.54) is 22.2 Å². The SMILES string of the molecule is CN1CCN(c2ccccc2CN2CCC(c3cnc4c(ccn4CC4=CCC(C(=O)NO)C=C4)c3)CC2)CC1. The maximum atomic E-state index is 11.6. The summed E-state index contributed by atoms with van der Waals surface area (Å²) in [5, 5.41) is 10.0. The monoisotopic (exact) mass is 540 g/mol. The molecule has 0 spiro atoms. The van der Waals surface area contributed by atoms with Gasteiger partial charge in [0.15, 0.2) is 0 Å². The lowest BCUT2D eigenvalue weighted by Crippen LogP contribution is -2.45. The molecule has 40 heavy (non-hydrogen) atoms. The number of amides is 1. The highest BCUT2D eigenvalue weighted by Crippen LogP contribution is 2.32. The second kappa shape index (κ2) is 12.0. The van der Waals surface area contributed by atoms with Crippen LogP contribution in [-0.4, -0.2) is 76.8 Å². The van der Waals surface area contributed by atoms with Gasteiger partial charge in [0, 0.05) is 62.7 Å². The van der Waals surface area contributed by atoms with E-state index in [1.54, 1.807) is 5.48 Å². The predicted molar refractivity (Wildman–Crippen MR) is 158 cm³/mol. The molecular formula is C32H40N6O2. The molecule has 1 aromatic carbocycles. The Hall–Kier alpha value is -3.46. The summed E-state index contributed by atoms with van der Waals surface area (Å²) in [5.41, 5.74) is 8.08. The van der Waals surface area contributed by atoms with Crippen molar-refractivity contribution in [2.75, 3.05) is 51.2 Å². The number of nitrogens with zero attached hydrogens (tertiary/aromatic N) is 5. The van der Waals surface area contributed by atoms with Crippen molar-refractivity contribution in [1.82, 2.24) is 24.8 Å². The number of anilines is 1. The number of rotatable bonds is 7. The number of likely N-dealkylation sites (tertiary alicyclic amines) is 1. The van der Waals surface area contributed by atoms with Gasteiger partial charge in [0.2, 0.25) is 0 Å². The molecule has 1 atom stereocenters. The van der Waals surface area contributed by atoms with Gasteiger partial charge in [-0.05, 0) is 80.2 Å². The molecule has 2 saturated heterocycles. The maximum Gasteiger partial charge on any atom is 0.250 e. The van der Waals surface area contributed by atoms with Gasteiger partial charge in [-0.3, -0.25) is 14.9 Å². The third kappa shape index (κ3) is 5.84. The van der Waals surface area contributed by atoms with Crippen LogP contribution in [0.15, 0.2) is 72.6 Å². The average Bonchev–Trinajstić information content (AvgIpc) is 3.40. The number of piperidine rings is 1. The van der Waals surface area contributed by atoms with E-state index in [1.807, 2.05) is 12.2 Å². The molecule has 0 bridgehead atoms. The molecule has 2 fully saturated rings. The third-order valence-corrected chi connectivity index (χ3v) is 8.89. The molecule has 2 aliphatic heterocycles. The summed E-state index contributed by atoms with van der Waals surface area (Å²) in [6.45, 7) is 8.41. The standard InChI is InChI=1S/C32H40N6O2/c1-35-16-18-37(19-17-35)30-5-3-2-4-28(30)23-36-13-10-25(11-14-36)29-20-27-12-15-38(31(27)33-21-29)22-24-6-8-26(9-7-24)32(39)34-40/h2-8,12,15,20-21,25-26,40H,9-11,13-14,16-19,22-23H2,1H3,(H,34,39). The lowest BCUT2D eigenvalue weighted by molar-refractivity contribution is -0.131. The molecule has 0 saturated carbocycles. The Labute approximate surface area is 236 Å². The van der Waals surface area contributed by atoms with Crippen molar-refractivity contribution in [2.45, 2.75) is 38.3 Å². The first kappa shape index (κ1) is 26.7. The van der Waals surface area contributed by atoms with E-state index in [4.69, 9.17) is 10.2 Å². The first-order valence-electron chi connectivity index (χ1n) is 14.6. The fraction of sp³-hybridized carbons (Fsp3) is 0.438. The molecule has 4 heterocycles. The Kier molecular flexibility index (Phi) is 8.00. The number of hydrogen-bond acceptors (Lipinski definition) is 6. The zero-order valence-electron chi connectivity index (χ0n) is 23.4. The van der Waals surface area contributed by atoms with Crippen LogP contribution < -0.4 is 10.4 Å². The van der Waals surface area contributed by atoms with Crippen LogP contribution in [0.1, 0.15) is 36.3 Å². The van der Waals surface area contributed by atoms with Gasteiger partial charge in [0.05, 0.1) is 5.92 Å². The maximum absolute atomic E-state index is 11.6. The topological polar surface area (TPSA) is 76.9 Å². The number of nitrogens with one attached hydrogen (secondary N) is 1. The van der Waals surface area contributed by atoms with Crippen LogP contribution in [0.3, 0.4) is 0 Å². The number of fused-ring (bicyclic) bond motifs is 1. The van der Waals surface area contributed by atoms with Crippen molar-refractivity contribution in [3.63, 3.8) is 0 Å². The number of para-hydroxylation sites is 1. The molecule has 2 N–H and O–H groups in total. The van der Waals surface area contributed by atoms with Gasteiger partial charge in [0.25, 0.3) is 5.91 Å². The molecule has 3 aliphatic rings. The third-order valence-electron chi connectivity index (χ3n) is 8.89. The Morgan fingerprint density at radius 1 is 1.05 bits per heavy atom. The number of hydroxylamine groups is 1. The minimum Gasteiger partial charge on any atom is -0.369 e. The first-order valence-corrected chi connectivity index (χ1v) is 14.6. The number of aromatic nitrogens is 2. The molecule has 8 nitrogen and oxygen atoms in total. The summed E-state index contributed by atoms with van der Waals surface area (Å²) < 4.78 is 2.17. The van der Waals surface area contributed by atoms with Crippen LogP contribution in [0.4, 0.5) is 5.69 Å². The van der Waals surface area contributed by atoms with Crippen molar-refractivity contribution in [3.8, 4) is 0 Å². The lowest BCUT2D eigenvalue weighted by Gasteiger charge is -2.37. The van der Waals surface area contributed by atoms with Crippen LogP contribution in [-0.2, 0) is 17.9 Å². The van der Waals surface area contributed by atoms with E-state index in [2.05, 4.69) is 81.2 Å². The summed E-state index contributed by atoms with van der Waals surface area (Å²) >= 11 is 0. The number of pyridine rings is 1. The predicted octanol–water partition coefficient (Wildman–Crippen LogP) is 4.18. The average molecular weight is 541 g/mol. The summed E-state index contributed by atoms with van der Waals surface area (Å²) in [7, 11) is 2.21. The quantitative estimate of drug-likeness (QED) is 0.346. The summed E-state index contributed by atoms with van der Waals surface area (Å²) in [6, 6.07) is 13.5. The van der Waals surface area contributed by atoms with Gasteiger partial charge in [-0.25, -0.2) is 10.5 Å². The smallest absolute Gasteiger partial charge is 0.250 e. The van der Waals surface area contributed by atoms with Gasteiger partial charge >= 0.3 is 0 Å². The van der Waals surface area contributed by atoms with E-state index < -0.39 is 0 Å². The molecule has 3 aromatic rings. The molecule has 0 radical (unpaired) electrons. The zero-order chi connectivity index (χ0) is 27.5. The van der Waals surface area contributed by atoms with E-state index in [0.29, 0.717) is 18.9 Å². The van der Waals surface area contributed by atoms with Crippen molar-refractivity contribution in [2.24, 2.45) is 5.92 Å². The Balaban J connectivity index is 1.06. The normalized spacial score (nSPS) is 21.1. The van der Waals surface area contributed by atoms with Crippen LogP contribution in [0.5, 0.6) is 0 Å². The van der Waals surface area contributed by atoms with E-state index >= 15 is 0 Å². The molecular weight excluding hydrogens is 500 g/mol. The molecule has 210 valence electrons. The van der Waals surface area contributed by atoms with Crippen molar-refractivity contribution < 1.29 is 10.0 Å². The number of hydrogen-bond donors (Lipinski definition) is 2. The van der Waals surface area contributed by atoms with Gasteiger partial charge in [-0.15, -0.1) is 0 Å². The zero-order valence-corrected chi connectivity index (χ0v) is 23.4. The Morgan fingerprint density at radius 3 is 2.60 bits per heavy atom. The molecule has 8 heteroatoms. The van der Waals surface area contributed by atoms with E-state index in [9.17, 15) is 4.79 Å². The molecule has 1 unspecified atom stereocenters. The number of allylic oxidation sites excluding steroid dienone is 3. The molecule has 1 aliphatic carbocycles. The number of likely N-dealkylation sites (N-methyl/N-ethyl adjacent to an activating group) is 1. The Morgan fingerprint density at radius 2 is 1.85 bits per heavy atom. The molecule has 1 amide bonds. The highest BCUT2D eigenvalue weighted by Gasteiger charge is 2.24. The van der Waals surface area contributed by atoms with Crippen LogP contribution in [0.2, 0.25) is 0 Å². The van der Waals surface area contributed by atoms with Crippen LogP contribution in [0, 0.1) is 5.92 Å². The fourth-order valence-electron chi connectivity index (χ4n) is 6.37. The van der Waals surface area contributed by atoms with Gasteiger partial charge in [-0.2, -0.15) is 0 Å².